The van der Waals surface area contributed by atoms with Crippen LogP contribution in [0.1, 0.15) is 36.4 Å². The average molecular weight is 369 g/mol. The maximum absolute atomic E-state index is 12.1. The minimum atomic E-state index is 0.0948. The molecule has 0 saturated carbocycles. The van der Waals surface area contributed by atoms with E-state index in [2.05, 4.69) is 45.7 Å². The molecule has 1 rings (SSSR count). The normalized spacial score (nSPS) is 12.6. The summed E-state index contributed by atoms with van der Waals surface area (Å²) in [6, 6.07) is 2.16. The fourth-order valence-electron chi connectivity index (χ4n) is 1.44. The van der Waals surface area contributed by atoms with Gasteiger partial charge in [-0.05, 0) is 51.3 Å². The van der Waals surface area contributed by atoms with Crippen molar-refractivity contribution in [2.45, 2.75) is 32.7 Å². The standard InChI is InChI=1S/C11H15Br2NOS/c1-4-5-7(2)14(3)11(15)9-6-8(12)10(13)16-9/h6-7H,4-5H2,1-3H3. The van der Waals surface area contributed by atoms with Crippen LogP contribution in [-0.4, -0.2) is 23.9 Å². The highest BCUT2D eigenvalue weighted by Crippen LogP contribution is 2.33. The predicted molar refractivity (Wildman–Crippen MR) is 76.2 cm³/mol. The van der Waals surface area contributed by atoms with Crippen LogP contribution < -0.4 is 0 Å². The summed E-state index contributed by atoms with van der Waals surface area (Å²) in [5.74, 6) is 0.0948. The van der Waals surface area contributed by atoms with Gasteiger partial charge >= 0.3 is 0 Å². The van der Waals surface area contributed by atoms with Crippen LogP contribution in [0, 0.1) is 0 Å². The molecule has 0 aromatic carbocycles. The molecule has 2 nitrogen and oxygen atoms in total. The van der Waals surface area contributed by atoms with E-state index in [0.717, 1.165) is 26.0 Å². The second-order valence-corrected chi connectivity index (χ2v) is 7.01. The van der Waals surface area contributed by atoms with Crippen LogP contribution in [0.15, 0.2) is 14.3 Å². The smallest absolute Gasteiger partial charge is 0.263 e. The third kappa shape index (κ3) is 3.31. The first-order chi connectivity index (χ1) is 7.47. The first kappa shape index (κ1) is 14.2. The van der Waals surface area contributed by atoms with Gasteiger partial charge in [-0.2, -0.15) is 0 Å². The number of hydrogen-bond donors (Lipinski definition) is 0. The van der Waals surface area contributed by atoms with Gasteiger partial charge in [0.05, 0.1) is 8.66 Å². The van der Waals surface area contributed by atoms with Crippen LogP contribution in [0.25, 0.3) is 0 Å². The number of nitrogens with zero attached hydrogens (tertiary/aromatic N) is 1. The summed E-state index contributed by atoms with van der Waals surface area (Å²) in [5.41, 5.74) is 0. The molecule has 0 bridgehead atoms. The number of carbonyl (C=O) groups excluding carboxylic acids is 1. The molecule has 0 N–H and O–H groups in total. The van der Waals surface area contributed by atoms with Crippen LogP contribution >= 0.6 is 43.2 Å². The molecule has 0 aliphatic heterocycles. The van der Waals surface area contributed by atoms with E-state index in [1.165, 1.54) is 11.3 Å². The van der Waals surface area contributed by atoms with Crippen LogP contribution in [0.2, 0.25) is 0 Å². The van der Waals surface area contributed by atoms with Gasteiger partial charge in [0.1, 0.15) is 0 Å². The first-order valence-electron chi connectivity index (χ1n) is 5.19. The van der Waals surface area contributed by atoms with Gasteiger partial charge in [0.2, 0.25) is 0 Å². The molecule has 0 saturated heterocycles. The molecule has 0 aliphatic rings. The van der Waals surface area contributed by atoms with Crippen LogP contribution in [-0.2, 0) is 0 Å². The van der Waals surface area contributed by atoms with Crippen LogP contribution in [0.4, 0.5) is 0 Å². The average Bonchev–Trinajstić information content (AvgIpc) is 2.57. The van der Waals surface area contributed by atoms with Crippen molar-refractivity contribution in [1.82, 2.24) is 4.90 Å². The summed E-state index contributed by atoms with van der Waals surface area (Å²) in [4.78, 5) is 14.7. The van der Waals surface area contributed by atoms with Crippen molar-refractivity contribution in [2.75, 3.05) is 7.05 Å². The lowest BCUT2D eigenvalue weighted by atomic mass is 10.1. The van der Waals surface area contributed by atoms with Crippen molar-refractivity contribution in [3.63, 3.8) is 0 Å². The molecule has 1 heterocycles. The van der Waals surface area contributed by atoms with E-state index in [0.29, 0.717) is 0 Å². The number of thiophene rings is 1. The minimum absolute atomic E-state index is 0.0948. The Bertz CT molecular complexity index is 359. The molecule has 5 heteroatoms. The van der Waals surface area contributed by atoms with Crippen LogP contribution in [0.5, 0.6) is 0 Å². The number of carbonyl (C=O) groups is 1. The summed E-state index contributed by atoms with van der Waals surface area (Å²) >= 11 is 8.26. The lowest BCUT2D eigenvalue weighted by molar-refractivity contribution is 0.0741. The number of rotatable bonds is 4. The third-order valence-corrected chi connectivity index (χ3v) is 5.79. The zero-order chi connectivity index (χ0) is 12.3. The van der Waals surface area contributed by atoms with Crippen molar-refractivity contribution in [1.29, 1.82) is 0 Å². The Labute approximate surface area is 117 Å². The number of halogens is 2. The van der Waals surface area contributed by atoms with Gasteiger partial charge in [0.15, 0.2) is 0 Å². The molecular formula is C11H15Br2NOS. The SMILES string of the molecule is CCCC(C)N(C)C(=O)c1cc(Br)c(Br)s1. The Morgan fingerprint density at radius 1 is 1.56 bits per heavy atom. The zero-order valence-electron chi connectivity index (χ0n) is 9.59. The second kappa shape index (κ2) is 6.17. The Hall–Kier alpha value is 0.130. The van der Waals surface area contributed by atoms with Crippen molar-refractivity contribution < 1.29 is 4.79 Å². The third-order valence-electron chi connectivity index (χ3n) is 2.54. The second-order valence-electron chi connectivity index (χ2n) is 3.79. The minimum Gasteiger partial charge on any atom is -0.338 e. The Kier molecular flexibility index (Phi) is 5.47. The zero-order valence-corrected chi connectivity index (χ0v) is 13.6. The molecule has 16 heavy (non-hydrogen) atoms. The maximum atomic E-state index is 12.1. The van der Waals surface area contributed by atoms with Crippen molar-refractivity contribution >= 4 is 49.1 Å². The highest BCUT2D eigenvalue weighted by molar-refractivity contribution is 9.13. The molecule has 0 aliphatic carbocycles. The molecule has 0 fully saturated rings. The molecule has 1 aromatic heterocycles. The van der Waals surface area contributed by atoms with Gasteiger partial charge in [0.25, 0.3) is 5.91 Å². The lowest BCUT2D eigenvalue weighted by Gasteiger charge is -2.23. The Balaban J connectivity index is 2.77. The van der Waals surface area contributed by atoms with E-state index >= 15 is 0 Å². The fraction of sp³-hybridized carbons (Fsp3) is 0.545. The molecule has 1 unspecified atom stereocenters. The van der Waals surface area contributed by atoms with Gasteiger partial charge in [-0.1, -0.05) is 13.3 Å². The Morgan fingerprint density at radius 3 is 2.62 bits per heavy atom. The van der Waals surface area contributed by atoms with E-state index in [-0.39, 0.29) is 11.9 Å². The quantitative estimate of drug-likeness (QED) is 0.764. The predicted octanol–water partition coefficient (Wildman–Crippen LogP) is 4.53. The van der Waals surface area contributed by atoms with Gasteiger partial charge in [-0.25, -0.2) is 0 Å². The molecule has 0 radical (unpaired) electrons. The molecule has 0 spiro atoms. The molecular weight excluding hydrogens is 354 g/mol. The Morgan fingerprint density at radius 2 is 2.19 bits per heavy atom. The highest BCUT2D eigenvalue weighted by Gasteiger charge is 2.19. The van der Waals surface area contributed by atoms with E-state index in [1.54, 1.807) is 0 Å². The van der Waals surface area contributed by atoms with E-state index in [9.17, 15) is 4.79 Å². The van der Waals surface area contributed by atoms with Crippen LogP contribution in [0.3, 0.4) is 0 Å². The summed E-state index contributed by atoms with van der Waals surface area (Å²) in [5, 5.41) is 0. The molecule has 90 valence electrons. The highest BCUT2D eigenvalue weighted by atomic mass is 79.9. The lowest BCUT2D eigenvalue weighted by Crippen LogP contribution is -2.34. The largest absolute Gasteiger partial charge is 0.338 e. The summed E-state index contributed by atoms with van der Waals surface area (Å²) < 4.78 is 1.91. The summed E-state index contributed by atoms with van der Waals surface area (Å²) in [6.07, 6.45) is 2.13. The molecule has 1 amide bonds. The topological polar surface area (TPSA) is 20.3 Å². The van der Waals surface area contributed by atoms with Gasteiger partial charge in [-0.15, -0.1) is 11.3 Å². The van der Waals surface area contributed by atoms with E-state index in [4.69, 9.17) is 0 Å². The maximum Gasteiger partial charge on any atom is 0.263 e. The van der Waals surface area contributed by atoms with Crippen molar-refractivity contribution in [3.05, 3.63) is 19.2 Å². The number of amides is 1. The van der Waals surface area contributed by atoms with E-state index in [1.807, 2.05) is 18.0 Å². The first-order valence-corrected chi connectivity index (χ1v) is 7.59. The summed E-state index contributed by atoms with van der Waals surface area (Å²) in [6.45, 7) is 4.21. The van der Waals surface area contributed by atoms with Gasteiger partial charge < -0.3 is 4.90 Å². The molecule has 1 atom stereocenters. The van der Waals surface area contributed by atoms with Crippen molar-refractivity contribution in [3.8, 4) is 0 Å². The fourth-order valence-corrected chi connectivity index (χ4v) is 3.46. The van der Waals surface area contributed by atoms with Crippen molar-refractivity contribution in [2.24, 2.45) is 0 Å². The monoisotopic (exact) mass is 367 g/mol. The van der Waals surface area contributed by atoms with Gasteiger partial charge in [-0.3, -0.25) is 4.79 Å². The summed E-state index contributed by atoms with van der Waals surface area (Å²) in [7, 11) is 1.87. The number of hydrogen-bond acceptors (Lipinski definition) is 2. The van der Waals surface area contributed by atoms with E-state index < -0.39 is 0 Å². The van der Waals surface area contributed by atoms with Gasteiger partial charge in [0, 0.05) is 17.6 Å². The molecule has 1 aromatic rings.